The largest absolute Gasteiger partial charge is 0.383 e. The molecule has 0 radical (unpaired) electrons. The van der Waals surface area contributed by atoms with Gasteiger partial charge in [0.1, 0.15) is 0 Å². The third-order valence-corrected chi connectivity index (χ3v) is 3.98. The van der Waals surface area contributed by atoms with Crippen LogP contribution in [-0.2, 0) is 9.47 Å². The van der Waals surface area contributed by atoms with E-state index in [1.54, 1.807) is 14.2 Å². The van der Waals surface area contributed by atoms with Crippen molar-refractivity contribution in [2.24, 2.45) is 5.41 Å². The van der Waals surface area contributed by atoms with Crippen LogP contribution in [0.5, 0.6) is 0 Å². The van der Waals surface area contributed by atoms with Gasteiger partial charge in [0.05, 0.1) is 18.6 Å². The van der Waals surface area contributed by atoms with E-state index in [0.29, 0.717) is 19.1 Å². The highest BCUT2D eigenvalue weighted by atomic mass is 16.5. The second-order valence-corrected chi connectivity index (χ2v) is 5.68. The molecular weight excluding hydrogens is 248 g/mol. The van der Waals surface area contributed by atoms with Gasteiger partial charge >= 0.3 is 0 Å². The van der Waals surface area contributed by atoms with Crippen LogP contribution in [0, 0.1) is 12.3 Å². The maximum absolute atomic E-state index is 5.37. The molecule has 0 saturated carbocycles. The Kier molecular flexibility index (Phi) is 4.79. The fraction of sp³-hybridized carbons (Fsp3) is 0.444. The van der Waals surface area contributed by atoms with Crippen molar-refractivity contribution in [2.75, 3.05) is 27.4 Å². The summed E-state index contributed by atoms with van der Waals surface area (Å²) < 4.78 is 10.7. The molecule has 0 aromatic heterocycles. The topological polar surface area (TPSA) is 18.5 Å². The first kappa shape index (κ1) is 15.0. The molecule has 0 heterocycles. The van der Waals surface area contributed by atoms with Gasteiger partial charge in [0.25, 0.3) is 0 Å². The van der Waals surface area contributed by atoms with E-state index < -0.39 is 0 Å². The van der Waals surface area contributed by atoms with E-state index >= 15 is 0 Å². The summed E-state index contributed by atoms with van der Waals surface area (Å²) in [4.78, 5) is 0. The number of hydrogen-bond acceptors (Lipinski definition) is 2. The lowest BCUT2D eigenvalue weighted by Gasteiger charge is -2.32. The lowest BCUT2D eigenvalue weighted by Crippen LogP contribution is -2.30. The van der Waals surface area contributed by atoms with Crippen LogP contribution in [0.25, 0.3) is 0 Å². The number of hydrogen-bond donors (Lipinski definition) is 0. The number of aryl methyl sites for hydroxylation is 1. The number of benzene rings is 1. The Hall–Kier alpha value is -1.38. The minimum Gasteiger partial charge on any atom is -0.383 e. The van der Waals surface area contributed by atoms with Gasteiger partial charge in [0.15, 0.2) is 0 Å². The third-order valence-electron chi connectivity index (χ3n) is 3.98. The Morgan fingerprint density at radius 3 is 2.25 bits per heavy atom. The first-order valence-corrected chi connectivity index (χ1v) is 7.04. The molecule has 2 nitrogen and oxygen atoms in total. The van der Waals surface area contributed by atoms with Crippen molar-refractivity contribution in [3.63, 3.8) is 0 Å². The highest BCUT2D eigenvalue weighted by Crippen LogP contribution is 2.38. The van der Waals surface area contributed by atoms with Crippen LogP contribution in [-0.4, -0.2) is 27.4 Å². The Morgan fingerprint density at radius 2 is 1.70 bits per heavy atom. The van der Waals surface area contributed by atoms with E-state index in [1.165, 1.54) is 16.7 Å². The zero-order valence-corrected chi connectivity index (χ0v) is 12.8. The summed E-state index contributed by atoms with van der Waals surface area (Å²) in [7, 11) is 3.48. The highest BCUT2D eigenvalue weighted by molar-refractivity contribution is 5.42. The van der Waals surface area contributed by atoms with Crippen molar-refractivity contribution >= 4 is 0 Å². The molecule has 0 N–H and O–H groups in total. The molecular formula is C18H24O2. The molecule has 108 valence electrons. The molecule has 1 aromatic carbocycles. The molecule has 0 spiro atoms. The minimum absolute atomic E-state index is 0.132. The Morgan fingerprint density at radius 1 is 1.05 bits per heavy atom. The molecule has 0 aliphatic heterocycles. The monoisotopic (exact) mass is 272 g/mol. The van der Waals surface area contributed by atoms with Gasteiger partial charge in [-0.1, -0.05) is 48.1 Å². The Balaban J connectivity index is 2.31. The molecule has 0 amide bonds. The highest BCUT2D eigenvalue weighted by Gasteiger charge is 2.30. The maximum atomic E-state index is 5.37. The molecule has 2 heteroatoms. The number of ether oxygens (including phenoxy) is 2. The van der Waals surface area contributed by atoms with Gasteiger partial charge in [0.2, 0.25) is 0 Å². The van der Waals surface area contributed by atoms with Crippen molar-refractivity contribution in [3.8, 4) is 0 Å². The normalized spacial score (nSPS) is 20.8. The Labute approximate surface area is 122 Å². The summed E-state index contributed by atoms with van der Waals surface area (Å²) in [6, 6.07) is 8.57. The van der Waals surface area contributed by atoms with E-state index in [-0.39, 0.29) is 5.41 Å². The van der Waals surface area contributed by atoms with E-state index in [2.05, 4.69) is 56.3 Å². The summed E-state index contributed by atoms with van der Waals surface area (Å²) in [6.07, 6.45) is 6.83. The quantitative estimate of drug-likeness (QED) is 0.757. The van der Waals surface area contributed by atoms with Crippen LogP contribution in [0.15, 0.2) is 48.1 Å². The molecule has 1 atom stereocenters. The SMILES string of the molecule is COCC1(COC)C=CC(c2ccccc2C)C(C)=C1. The van der Waals surface area contributed by atoms with Crippen LogP contribution < -0.4 is 0 Å². The number of rotatable bonds is 5. The fourth-order valence-corrected chi connectivity index (χ4v) is 3.07. The fourth-order valence-electron chi connectivity index (χ4n) is 3.07. The van der Waals surface area contributed by atoms with Gasteiger partial charge in [-0.2, -0.15) is 0 Å². The van der Waals surface area contributed by atoms with Gasteiger partial charge in [-0.15, -0.1) is 0 Å². The molecule has 1 aliphatic rings. The summed E-state index contributed by atoms with van der Waals surface area (Å²) >= 11 is 0. The molecule has 0 bridgehead atoms. The third kappa shape index (κ3) is 3.02. The average Bonchev–Trinajstić information content (AvgIpc) is 2.41. The maximum Gasteiger partial charge on any atom is 0.0610 e. The summed E-state index contributed by atoms with van der Waals surface area (Å²) in [5.74, 6) is 0.359. The summed E-state index contributed by atoms with van der Waals surface area (Å²) in [6.45, 7) is 5.66. The van der Waals surface area contributed by atoms with Crippen molar-refractivity contribution < 1.29 is 9.47 Å². The predicted octanol–water partition coefficient (Wildman–Crippen LogP) is 3.87. The lowest BCUT2D eigenvalue weighted by molar-refractivity contribution is 0.0661. The van der Waals surface area contributed by atoms with Crippen molar-refractivity contribution in [3.05, 3.63) is 59.2 Å². The second-order valence-electron chi connectivity index (χ2n) is 5.68. The minimum atomic E-state index is -0.132. The zero-order chi connectivity index (χ0) is 14.6. The summed E-state index contributed by atoms with van der Waals surface area (Å²) in [5, 5.41) is 0. The molecule has 1 unspecified atom stereocenters. The smallest absolute Gasteiger partial charge is 0.0610 e. The predicted molar refractivity (Wildman–Crippen MR) is 83.0 cm³/mol. The first-order valence-electron chi connectivity index (χ1n) is 7.04. The van der Waals surface area contributed by atoms with Crippen LogP contribution in [0.2, 0.25) is 0 Å². The van der Waals surface area contributed by atoms with Crippen LogP contribution in [0.4, 0.5) is 0 Å². The van der Waals surface area contributed by atoms with Gasteiger partial charge in [-0.3, -0.25) is 0 Å². The zero-order valence-electron chi connectivity index (χ0n) is 12.8. The van der Waals surface area contributed by atoms with Gasteiger partial charge in [-0.05, 0) is 25.0 Å². The molecule has 20 heavy (non-hydrogen) atoms. The number of allylic oxidation sites excluding steroid dienone is 2. The molecule has 2 rings (SSSR count). The molecule has 1 aliphatic carbocycles. The molecule has 1 aromatic rings. The van der Waals surface area contributed by atoms with Crippen LogP contribution in [0.3, 0.4) is 0 Å². The van der Waals surface area contributed by atoms with Gasteiger partial charge in [-0.25, -0.2) is 0 Å². The molecule has 0 saturated heterocycles. The van der Waals surface area contributed by atoms with Gasteiger partial charge < -0.3 is 9.47 Å². The van der Waals surface area contributed by atoms with E-state index in [0.717, 1.165) is 0 Å². The van der Waals surface area contributed by atoms with E-state index in [9.17, 15) is 0 Å². The molecule has 0 fully saturated rings. The van der Waals surface area contributed by atoms with Crippen molar-refractivity contribution in [1.82, 2.24) is 0 Å². The Bertz CT molecular complexity index is 508. The van der Waals surface area contributed by atoms with Crippen LogP contribution >= 0.6 is 0 Å². The average molecular weight is 272 g/mol. The number of methoxy groups -OCH3 is 2. The van der Waals surface area contributed by atoms with E-state index in [4.69, 9.17) is 9.47 Å². The standard InChI is InChI=1S/C18H24O2/c1-14-7-5-6-8-16(14)17-9-10-18(12-19-3,13-20-4)11-15(17)2/h5-11,17H,12-13H2,1-4H3. The van der Waals surface area contributed by atoms with E-state index in [1.807, 2.05) is 0 Å². The van der Waals surface area contributed by atoms with Gasteiger partial charge in [0, 0.05) is 20.1 Å². The second kappa shape index (κ2) is 6.38. The lowest BCUT2D eigenvalue weighted by atomic mass is 9.76. The van der Waals surface area contributed by atoms with Crippen molar-refractivity contribution in [1.29, 1.82) is 0 Å². The first-order chi connectivity index (χ1) is 9.62. The van der Waals surface area contributed by atoms with Crippen LogP contribution in [0.1, 0.15) is 24.0 Å². The van der Waals surface area contributed by atoms with Crippen molar-refractivity contribution in [2.45, 2.75) is 19.8 Å². The summed E-state index contributed by atoms with van der Waals surface area (Å²) in [5.41, 5.74) is 3.94.